The molecular formula is C22H41NO3. The molecule has 4 nitrogen and oxygen atoms in total. The van der Waals surface area contributed by atoms with Crippen LogP contribution in [-0.4, -0.2) is 57.7 Å². The van der Waals surface area contributed by atoms with Gasteiger partial charge in [0, 0.05) is 17.6 Å². The van der Waals surface area contributed by atoms with Crippen molar-refractivity contribution in [1.82, 2.24) is 4.90 Å². The van der Waals surface area contributed by atoms with Gasteiger partial charge in [-0.3, -0.25) is 4.90 Å². The maximum atomic E-state index is 10.7. The summed E-state index contributed by atoms with van der Waals surface area (Å²) in [5.74, 6) is 0.760. The third-order valence-electron chi connectivity index (χ3n) is 8.53. The van der Waals surface area contributed by atoms with Crippen LogP contribution in [0.5, 0.6) is 0 Å². The van der Waals surface area contributed by atoms with E-state index >= 15 is 0 Å². The van der Waals surface area contributed by atoms with E-state index in [1.807, 2.05) is 0 Å². The number of hydrogen-bond acceptors (Lipinski definition) is 4. The molecule has 0 amide bonds. The quantitative estimate of drug-likeness (QED) is 0.780. The van der Waals surface area contributed by atoms with E-state index in [2.05, 4.69) is 53.4 Å². The molecule has 26 heavy (non-hydrogen) atoms. The number of rotatable bonds is 5. The molecule has 3 rings (SSSR count). The highest BCUT2D eigenvalue weighted by atomic mass is 16.5. The second kappa shape index (κ2) is 6.43. The Hall–Kier alpha value is -0.160. The fourth-order valence-corrected chi connectivity index (χ4v) is 6.63. The van der Waals surface area contributed by atoms with Crippen LogP contribution < -0.4 is 0 Å². The second-order valence-electron chi connectivity index (χ2n) is 11.4. The van der Waals surface area contributed by atoms with Crippen LogP contribution >= 0.6 is 0 Å². The zero-order chi connectivity index (χ0) is 19.5. The van der Waals surface area contributed by atoms with Crippen LogP contribution in [-0.2, 0) is 4.74 Å². The second-order valence-corrected chi connectivity index (χ2v) is 11.4. The van der Waals surface area contributed by atoms with Crippen molar-refractivity contribution >= 4 is 0 Å². The number of piperidine rings is 1. The number of aliphatic hydroxyl groups is 2. The molecule has 1 saturated heterocycles. The van der Waals surface area contributed by atoms with Crippen molar-refractivity contribution in [2.24, 2.45) is 16.7 Å². The summed E-state index contributed by atoms with van der Waals surface area (Å²) in [7, 11) is 0. The van der Waals surface area contributed by atoms with Crippen LogP contribution in [0, 0.1) is 16.7 Å². The molecule has 0 aromatic heterocycles. The van der Waals surface area contributed by atoms with Crippen molar-refractivity contribution in [1.29, 1.82) is 0 Å². The fraction of sp³-hybridized carbons (Fsp3) is 1.00. The first kappa shape index (κ1) is 20.6. The fourth-order valence-electron chi connectivity index (χ4n) is 6.63. The van der Waals surface area contributed by atoms with Crippen molar-refractivity contribution < 1.29 is 14.9 Å². The monoisotopic (exact) mass is 367 g/mol. The molecule has 2 N–H and O–H groups in total. The van der Waals surface area contributed by atoms with Crippen molar-refractivity contribution in [3.8, 4) is 0 Å². The summed E-state index contributed by atoms with van der Waals surface area (Å²) in [6.07, 6.45) is 4.73. The third-order valence-corrected chi connectivity index (χ3v) is 8.53. The Kier molecular flexibility index (Phi) is 5.09. The van der Waals surface area contributed by atoms with Gasteiger partial charge < -0.3 is 14.9 Å². The van der Waals surface area contributed by atoms with Gasteiger partial charge in [-0.25, -0.2) is 0 Å². The van der Waals surface area contributed by atoms with Crippen molar-refractivity contribution in [2.75, 3.05) is 13.2 Å². The minimum absolute atomic E-state index is 0.122. The molecule has 2 aliphatic carbocycles. The summed E-state index contributed by atoms with van der Waals surface area (Å²) in [6, 6.07) is 0. The molecule has 3 aliphatic rings. The zero-order valence-electron chi connectivity index (χ0n) is 18.0. The Bertz CT molecular complexity index is 511. The van der Waals surface area contributed by atoms with E-state index in [-0.39, 0.29) is 28.7 Å². The zero-order valence-corrected chi connectivity index (χ0v) is 18.0. The van der Waals surface area contributed by atoms with Gasteiger partial charge in [0.15, 0.2) is 0 Å². The molecule has 3 fully saturated rings. The smallest absolute Gasteiger partial charge is 0.0900 e. The maximum absolute atomic E-state index is 10.7. The van der Waals surface area contributed by atoms with E-state index in [0.29, 0.717) is 18.6 Å². The van der Waals surface area contributed by atoms with E-state index in [4.69, 9.17) is 4.74 Å². The largest absolute Gasteiger partial charge is 0.393 e. The summed E-state index contributed by atoms with van der Waals surface area (Å²) >= 11 is 0. The minimum Gasteiger partial charge on any atom is -0.393 e. The van der Waals surface area contributed by atoms with Crippen LogP contribution in [0.25, 0.3) is 0 Å². The minimum atomic E-state index is -0.491. The Morgan fingerprint density at radius 3 is 2.08 bits per heavy atom. The Morgan fingerprint density at radius 1 is 1.04 bits per heavy atom. The van der Waals surface area contributed by atoms with Gasteiger partial charge in [-0.2, -0.15) is 0 Å². The van der Waals surface area contributed by atoms with Gasteiger partial charge in [-0.15, -0.1) is 0 Å². The van der Waals surface area contributed by atoms with Crippen LogP contribution in [0.15, 0.2) is 0 Å². The number of β-amino-alcohol motifs (C(OH)–C–C–N with tert-alkyl or cyclic N) is 1. The predicted octanol–water partition coefficient (Wildman–Crippen LogP) is 3.59. The normalized spacial score (nSPS) is 40.0. The number of hydrogen-bond donors (Lipinski definition) is 2. The van der Waals surface area contributed by atoms with Crippen LogP contribution in [0.4, 0.5) is 0 Å². The van der Waals surface area contributed by atoms with E-state index in [0.717, 1.165) is 25.2 Å². The average molecular weight is 368 g/mol. The lowest BCUT2D eigenvalue weighted by Gasteiger charge is -2.55. The molecule has 0 aromatic rings. The Labute approximate surface area is 160 Å². The van der Waals surface area contributed by atoms with Crippen LogP contribution in [0.1, 0.15) is 80.6 Å². The average Bonchev–Trinajstić information content (AvgIpc) is 2.80. The highest BCUT2D eigenvalue weighted by molar-refractivity contribution is 5.11. The van der Waals surface area contributed by atoms with Gasteiger partial charge in [0.25, 0.3) is 0 Å². The summed E-state index contributed by atoms with van der Waals surface area (Å²) < 4.78 is 6.31. The molecule has 1 heterocycles. The Balaban J connectivity index is 1.59. The lowest BCUT2D eigenvalue weighted by atomic mass is 9.70. The van der Waals surface area contributed by atoms with Crippen LogP contribution in [0.2, 0.25) is 0 Å². The van der Waals surface area contributed by atoms with E-state index in [9.17, 15) is 10.2 Å². The van der Waals surface area contributed by atoms with E-state index in [1.54, 1.807) is 0 Å². The number of aliphatic hydroxyl groups excluding tert-OH is 2. The third kappa shape index (κ3) is 3.25. The van der Waals surface area contributed by atoms with Crippen molar-refractivity contribution in [3.05, 3.63) is 0 Å². The molecule has 0 radical (unpaired) electrons. The molecular weight excluding hydrogens is 326 g/mol. The van der Waals surface area contributed by atoms with E-state index in [1.165, 1.54) is 12.8 Å². The molecule has 0 aromatic carbocycles. The standard InChI is InChI=1S/C22H41NO3/c1-19(2)11-16(24)12-20(3,4)23(19)13-17(25)14-26-18-10-15-8-9-22(18,7)21(15,5)6/h15-18,24-25H,8-14H2,1-7H3/t15-,17+,18-,22-/m0/s1. The molecule has 0 unspecified atom stereocenters. The lowest BCUT2D eigenvalue weighted by molar-refractivity contribution is -0.119. The molecule has 2 saturated carbocycles. The molecule has 4 atom stereocenters. The first-order valence-electron chi connectivity index (χ1n) is 10.5. The summed E-state index contributed by atoms with van der Waals surface area (Å²) in [5.41, 5.74) is 0.339. The van der Waals surface area contributed by atoms with Crippen LogP contribution in [0.3, 0.4) is 0 Å². The molecule has 4 heteroatoms. The first-order chi connectivity index (χ1) is 11.8. The first-order valence-corrected chi connectivity index (χ1v) is 10.5. The topological polar surface area (TPSA) is 52.9 Å². The highest BCUT2D eigenvalue weighted by Crippen LogP contribution is 2.66. The van der Waals surface area contributed by atoms with E-state index < -0.39 is 6.10 Å². The highest BCUT2D eigenvalue weighted by Gasteiger charge is 2.61. The predicted molar refractivity (Wildman–Crippen MR) is 105 cm³/mol. The van der Waals surface area contributed by atoms with Gasteiger partial charge in [0.1, 0.15) is 0 Å². The van der Waals surface area contributed by atoms with Crippen molar-refractivity contribution in [2.45, 2.75) is 110 Å². The molecule has 152 valence electrons. The van der Waals surface area contributed by atoms with Gasteiger partial charge in [0.2, 0.25) is 0 Å². The number of fused-ring (bicyclic) bond motifs is 2. The molecule has 2 bridgehead atoms. The number of nitrogens with zero attached hydrogens (tertiary/aromatic N) is 1. The number of likely N-dealkylation sites (tertiary alicyclic amines) is 1. The summed E-state index contributed by atoms with van der Waals surface area (Å²) in [5, 5.41) is 21.0. The SMILES string of the molecule is CC1(C)CC(O)CC(C)(C)N1C[C@@H](O)CO[C@H]1C[C@@H]2CC[C@]1(C)C2(C)C. The lowest BCUT2D eigenvalue weighted by Crippen LogP contribution is -2.63. The van der Waals surface area contributed by atoms with Gasteiger partial charge in [-0.1, -0.05) is 20.8 Å². The molecule has 1 aliphatic heterocycles. The van der Waals surface area contributed by atoms with Gasteiger partial charge in [0.05, 0.1) is 24.9 Å². The summed E-state index contributed by atoms with van der Waals surface area (Å²) in [6.45, 7) is 16.9. The Morgan fingerprint density at radius 2 is 1.62 bits per heavy atom. The van der Waals surface area contributed by atoms with Gasteiger partial charge >= 0.3 is 0 Å². The maximum Gasteiger partial charge on any atom is 0.0900 e. The van der Waals surface area contributed by atoms with Gasteiger partial charge in [-0.05, 0) is 76.5 Å². The number of ether oxygens (including phenoxy) is 1. The summed E-state index contributed by atoms with van der Waals surface area (Å²) in [4.78, 5) is 2.37. The molecule has 0 spiro atoms. The van der Waals surface area contributed by atoms with Crippen molar-refractivity contribution in [3.63, 3.8) is 0 Å².